The number of allylic oxidation sites excluding steroid dienone is 4. The number of rotatable bonds is 27. The van der Waals surface area contributed by atoms with Crippen LogP contribution in [0.2, 0.25) is 0 Å². The number of carbonyl (C=O) groups is 7. The van der Waals surface area contributed by atoms with E-state index in [1.165, 1.54) is 40.4 Å². The Labute approximate surface area is 486 Å². The number of nitrogens with one attached hydrogen (secondary N) is 2. The number of hydrogen-bond acceptors (Lipinski definition) is 15. The van der Waals surface area contributed by atoms with Crippen molar-refractivity contribution in [3.63, 3.8) is 0 Å². The maximum absolute atomic E-state index is 13.6. The van der Waals surface area contributed by atoms with Crippen LogP contribution in [-0.2, 0) is 43.0 Å². The number of unbranched alkanes of at least 4 members (excludes halogenated alkanes) is 1. The fourth-order valence-electron chi connectivity index (χ4n) is 14.9. The maximum atomic E-state index is 13.6. The van der Waals surface area contributed by atoms with Crippen LogP contribution in [0.25, 0.3) is 10.2 Å². The van der Waals surface area contributed by atoms with Gasteiger partial charge in [-0.1, -0.05) is 27.7 Å². The normalized spacial score (nSPS) is 27.3. The molecule has 6 aliphatic rings. The van der Waals surface area contributed by atoms with E-state index in [-0.39, 0.29) is 141 Å². The SMILES string of the molecule is CC1=C(C)C(=O)C(C(C)(C)CC(=O)N(C)CCN(CCOCCOCCC(=O)NCCCCC(NC(=O)CC[C@@H](C)[C@H]2CC[C@H]3[C@@H]4CC[C@@H]5C[C@H](O)CC[C@]5(C)[C@H]4C[C@@H]4O[C@@]423)C(=O)O)C(=O)Oc2ccc3nc(C#N)sc3c2)=C(C)C1=O. The zero-order valence-electron chi connectivity index (χ0n) is 49.3. The molecule has 1 aliphatic heterocycles. The number of carboxylic acids is 1. The molecule has 11 atom stereocenters. The molecule has 1 spiro atoms. The molecule has 19 nitrogen and oxygen atoms in total. The quantitative estimate of drug-likeness (QED) is 0.0374. The van der Waals surface area contributed by atoms with Crippen LogP contribution in [0.4, 0.5) is 4.79 Å². The number of Topliss-reactive ketones (excluding diaryl/α,β-unsaturated/α-hetero) is 2. The van der Waals surface area contributed by atoms with Gasteiger partial charge in [0.1, 0.15) is 23.5 Å². The Morgan fingerprint density at radius 2 is 1.65 bits per heavy atom. The van der Waals surface area contributed by atoms with Crippen LogP contribution in [0, 0.1) is 57.7 Å². The van der Waals surface area contributed by atoms with Gasteiger partial charge >= 0.3 is 12.1 Å². The zero-order chi connectivity index (χ0) is 59.3. The third-order valence-corrected chi connectivity index (χ3v) is 20.6. The highest BCUT2D eigenvalue weighted by Crippen LogP contribution is 2.72. The third-order valence-electron chi connectivity index (χ3n) is 19.7. The van der Waals surface area contributed by atoms with E-state index in [1.807, 2.05) is 6.07 Å². The molecule has 2 aromatic rings. The molecular weight excluding hydrogens is 1070 g/mol. The smallest absolute Gasteiger partial charge is 0.415 e. The first-order chi connectivity index (χ1) is 39.0. The molecule has 4 N–H and O–H groups in total. The van der Waals surface area contributed by atoms with E-state index in [4.69, 9.17) is 18.9 Å². The van der Waals surface area contributed by atoms with Gasteiger partial charge in [0.2, 0.25) is 17.7 Å². The number of aromatic nitrogens is 1. The largest absolute Gasteiger partial charge is 0.480 e. The van der Waals surface area contributed by atoms with Crippen LogP contribution >= 0.6 is 11.3 Å². The number of nitriles is 1. The van der Waals surface area contributed by atoms with Crippen molar-refractivity contribution in [2.75, 3.05) is 59.7 Å². The minimum Gasteiger partial charge on any atom is -0.480 e. The summed E-state index contributed by atoms with van der Waals surface area (Å²) >= 11 is 1.17. The number of aliphatic carboxylic acids is 1. The Hall–Kier alpha value is -5.59. The molecule has 448 valence electrons. The van der Waals surface area contributed by atoms with Crippen molar-refractivity contribution in [1.29, 1.82) is 5.26 Å². The van der Waals surface area contributed by atoms with Crippen LogP contribution < -0.4 is 15.4 Å². The summed E-state index contributed by atoms with van der Waals surface area (Å²) in [6.07, 6.45) is 10.5. The number of ether oxygens (including phenoxy) is 4. The van der Waals surface area contributed by atoms with Crippen molar-refractivity contribution in [3.8, 4) is 11.8 Å². The van der Waals surface area contributed by atoms with Crippen LogP contribution in [0.5, 0.6) is 5.75 Å². The molecule has 0 bridgehead atoms. The number of epoxide rings is 1. The number of carboxylic acid groups (broad SMARTS) is 1. The van der Waals surface area contributed by atoms with Crippen molar-refractivity contribution in [1.82, 2.24) is 25.4 Å². The van der Waals surface area contributed by atoms with Crippen molar-refractivity contribution < 1.29 is 62.7 Å². The number of likely N-dealkylation sites (N-methyl/N-ethyl adjacent to an activating group) is 1. The lowest BCUT2D eigenvalue weighted by Gasteiger charge is -2.58. The molecule has 1 aromatic carbocycles. The molecule has 1 aromatic heterocycles. The third kappa shape index (κ3) is 13.8. The highest BCUT2D eigenvalue weighted by atomic mass is 32.1. The van der Waals surface area contributed by atoms with Crippen molar-refractivity contribution in [3.05, 3.63) is 45.5 Å². The number of aliphatic hydroxyl groups excluding tert-OH is 1. The van der Waals surface area contributed by atoms with Gasteiger partial charge < -0.3 is 49.6 Å². The molecule has 82 heavy (non-hydrogen) atoms. The first-order valence-electron chi connectivity index (χ1n) is 29.8. The first kappa shape index (κ1) is 62.5. The number of hydrogen-bond donors (Lipinski definition) is 4. The number of amides is 4. The second-order valence-corrected chi connectivity index (χ2v) is 26.2. The van der Waals surface area contributed by atoms with Gasteiger partial charge in [-0.2, -0.15) is 5.26 Å². The van der Waals surface area contributed by atoms with Gasteiger partial charge in [0.25, 0.3) is 0 Å². The Kier molecular flexibility index (Phi) is 20.2. The van der Waals surface area contributed by atoms with Gasteiger partial charge in [0.05, 0.1) is 48.9 Å². The summed E-state index contributed by atoms with van der Waals surface area (Å²) in [6, 6.07) is 5.88. The lowest BCUT2D eigenvalue weighted by Crippen LogP contribution is -2.54. The van der Waals surface area contributed by atoms with E-state index in [0.717, 1.165) is 32.1 Å². The highest BCUT2D eigenvalue weighted by molar-refractivity contribution is 7.19. The van der Waals surface area contributed by atoms with Crippen molar-refractivity contribution in [2.45, 2.75) is 169 Å². The van der Waals surface area contributed by atoms with Crippen LogP contribution in [0.1, 0.15) is 150 Å². The Morgan fingerprint density at radius 1 is 0.902 bits per heavy atom. The maximum Gasteiger partial charge on any atom is 0.415 e. The van der Waals surface area contributed by atoms with Crippen LogP contribution in [0.3, 0.4) is 0 Å². The lowest BCUT2D eigenvalue weighted by molar-refractivity contribution is -0.142. The number of ketones is 2. The summed E-state index contributed by atoms with van der Waals surface area (Å²) in [5.41, 5.74) is 1.30. The van der Waals surface area contributed by atoms with Gasteiger partial charge in [-0.25, -0.2) is 14.6 Å². The Balaban J connectivity index is 0.702. The second kappa shape index (κ2) is 26.5. The zero-order valence-corrected chi connectivity index (χ0v) is 50.1. The summed E-state index contributed by atoms with van der Waals surface area (Å²) in [6.45, 7) is 14.3. The van der Waals surface area contributed by atoms with E-state index in [1.54, 1.807) is 59.9 Å². The van der Waals surface area contributed by atoms with E-state index in [9.17, 15) is 49.0 Å². The predicted octanol–water partition coefficient (Wildman–Crippen LogP) is 8.10. The highest BCUT2D eigenvalue weighted by Gasteiger charge is 2.75. The number of nitrogens with zero attached hydrogens (tertiary/aromatic N) is 4. The monoisotopic (exact) mass is 1150 g/mol. The number of benzene rings is 1. The summed E-state index contributed by atoms with van der Waals surface area (Å²) in [7, 11) is 1.60. The fraction of sp³-hybridized carbons (Fsp3) is 0.694. The van der Waals surface area contributed by atoms with E-state index in [0.29, 0.717) is 87.9 Å². The van der Waals surface area contributed by atoms with Crippen LogP contribution in [-0.4, -0.2) is 150 Å². The average Bonchev–Trinajstić information content (AvgIpc) is 3.15. The number of fused-ring (bicyclic) bond motifs is 5. The molecule has 8 rings (SSSR count). The van der Waals surface area contributed by atoms with Gasteiger partial charge in [-0.3, -0.25) is 24.0 Å². The van der Waals surface area contributed by atoms with Crippen molar-refractivity contribution >= 4 is 62.9 Å². The number of thiazole rings is 1. The van der Waals surface area contributed by atoms with Gasteiger partial charge in [-0.15, -0.1) is 11.3 Å². The molecule has 4 saturated carbocycles. The molecule has 20 heteroatoms. The van der Waals surface area contributed by atoms with Crippen LogP contribution in [0.15, 0.2) is 40.5 Å². The molecule has 2 heterocycles. The van der Waals surface area contributed by atoms with E-state index >= 15 is 0 Å². The van der Waals surface area contributed by atoms with Gasteiger partial charge in [0.15, 0.2) is 16.6 Å². The Bertz CT molecular complexity index is 2860. The summed E-state index contributed by atoms with van der Waals surface area (Å²) < 4.78 is 24.6. The molecule has 1 saturated heterocycles. The first-order valence-corrected chi connectivity index (χ1v) is 30.6. The standard InChI is InChI=1S/C62H86N6O13S/c1-36(44-16-17-45-43-15-13-40-31-41(69)20-22-61(40,7)46(43)33-50-62(44,45)81-50)12-19-52(71)65-48(58(75)76)11-9-10-23-64-51(70)21-27-78-29-30-79-28-26-68(59(77)80-42-14-18-47-49(32-42)82-53(35-63)66-47)25-24-67(8)54(72)34-60(5,6)55-39(4)56(73)37(2)38(3)57(55)74/h14,18,32,36,40-41,43-46,48,50,69H,9-13,15-17,19-31,33-34H2,1-8H3,(H,64,70)(H,65,71)(H,75,76)/t36-,40-,41-,43+,44-,45+,46+,48?,50+,61+,62+/m1/s1. The predicted molar refractivity (Wildman–Crippen MR) is 306 cm³/mol. The average molecular weight is 1160 g/mol. The molecule has 0 radical (unpaired) electrons. The molecule has 4 amide bonds. The summed E-state index contributed by atoms with van der Waals surface area (Å²) in [4.78, 5) is 98.5. The number of aliphatic hydroxyl groups is 1. The topological polar surface area (TPSA) is 267 Å². The molecular formula is C62H86N6O13S. The second-order valence-electron chi connectivity index (χ2n) is 25.2. The Morgan fingerprint density at radius 3 is 2.39 bits per heavy atom. The fourth-order valence-corrected chi connectivity index (χ4v) is 15.7. The molecule has 5 aliphatic carbocycles. The van der Waals surface area contributed by atoms with E-state index in [2.05, 4.69) is 29.5 Å². The molecule has 5 fully saturated rings. The lowest BCUT2D eigenvalue weighted by atomic mass is 9.46. The van der Waals surface area contributed by atoms with Gasteiger partial charge in [0, 0.05) is 86.3 Å². The number of carbonyl (C=O) groups excluding carboxylic acids is 6. The summed E-state index contributed by atoms with van der Waals surface area (Å²) in [5.74, 6) is 1.12. The van der Waals surface area contributed by atoms with E-state index < -0.39 is 23.5 Å². The minimum atomic E-state index is -1.08. The molecule has 1 unspecified atom stereocenters. The summed E-state index contributed by atoms with van der Waals surface area (Å²) in [5, 5.41) is 35.6. The van der Waals surface area contributed by atoms with Gasteiger partial charge in [-0.05, 0) is 151 Å². The minimum absolute atomic E-state index is 0.0533. The van der Waals surface area contributed by atoms with Crippen molar-refractivity contribution in [2.24, 2.45) is 46.3 Å².